The number of aromatic nitrogens is 2. The molecule has 1 aromatic carbocycles. The van der Waals surface area contributed by atoms with Crippen molar-refractivity contribution in [2.75, 3.05) is 7.11 Å². The van der Waals surface area contributed by atoms with E-state index in [0.717, 1.165) is 18.4 Å². The maximum absolute atomic E-state index is 6.19. The number of methoxy groups -OCH3 is 1. The van der Waals surface area contributed by atoms with Crippen LogP contribution in [0.3, 0.4) is 0 Å². The van der Waals surface area contributed by atoms with Gasteiger partial charge < -0.3 is 19.7 Å². The van der Waals surface area contributed by atoms with Gasteiger partial charge in [-0.05, 0) is 24.1 Å². The average Bonchev–Trinajstić information content (AvgIpc) is 2.93. The fraction of sp³-hybridized carbons (Fsp3) is 0.429. The minimum Gasteiger partial charge on any atom is -0.493 e. The van der Waals surface area contributed by atoms with Gasteiger partial charge in [0.05, 0.1) is 12.1 Å². The summed E-state index contributed by atoms with van der Waals surface area (Å²) in [4.78, 5) is 4.23. The fourth-order valence-corrected chi connectivity index (χ4v) is 2.12. The van der Waals surface area contributed by atoms with Crippen LogP contribution in [-0.2, 0) is 19.6 Å². The van der Waals surface area contributed by atoms with E-state index in [0.29, 0.717) is 34.8 Å². The molecule has 2 aromatic rings. The van der Waals surface area contributed by atoms with Crippen LogP contribution in [0.1, 0.15) is 30.6 Å². The van der Waals surface area contributed by atoms with Crippen LogP contribution >= 0.6 is 11.6 Å². The van der Waals surface area contributed by atoms with E-state index in [1.54, 1.807) is 19.2 Å². The summed E-state index contributed by atoms with van der Waals surface area (Å²) < 4.78 is 16.0. The van der Waals surface area contributed by atoms with Gasteiger partial charge in [0.15, 0.2) is 18.1 Å². The van der Waals surface area contributed by atoms with Gasteiger partial charge >= 0.3 is 0 Å². The highest BCUT2D eigenvalue weighted by Gasteiger charge is 2.13. The standard InChI is InChI=1S/C14H18ClN3O3/c1-3-4-13-17-12(18-21-13)8-20-14-10(15)5-9(7-16)6-11(14)19-2/h5-6H,3-4,7-8,16H2,1-2H3. The van der Waals surface area contributed by atoms with E-state index in [-0.39, 0.29) is 6.61 Å². The maximum Gasteiger partial charge on any atom is 0.226 e. The Morgan fingerprint density at radius 2 is 2.19 bits per heavy atom. The number of hydrogen-bond acceptors (Lipinski definition) is 6. The van der Waals surface area contributed by atoms with E-state index in [1.807, 2.05) is 6.92 Å². The predicted molar refractivity (Wildman–Crippen MR) is 78.5 cm³/mol. The Morgan fingerprint density at radius 1 is 1.38 bits per heavy atom. The highest BCUT2D eigenvalue weighted by atomic mass is 35.5. The molecule has 0 aliphatic rings. The molecule has 0 saturated carbocycles. The van der Waals surface area contributed by atoms with Crippen molar-refractivity contribution in [3.63, 3.8) is 0 Å². The smallest absolute Gasteiger partial charge is 0.226 e. The first-order valence-electron chi connectivity index (χ1n) is 6.68. The van der Waals surface area contributed by atoms with Crippen molar-refractivity contribution < 1.29 is 14.0 Å². The van der Waals surface area contributed by atoms with Crippen LogP contribution in [0.25, 0.3) is 0 Å². The quantitative estimate of drug-likeness (QED) is 0.846. The molecule has 0 atom stereocenters. The summed E-state index contributed by atoms with van der Waals surface area (Å²) in [6, 6.07) is 3.54. The second kappa shape index (κ2) is 7.28. The second-order valence-electron chi connectivity index (χ2n) is 4.46. The lowest BCUT2D eigenvalue weighted by Gasteiger charge is -2.12. The first kappa shape index (κ1) is 15.6. The molecule has 0 bridgehead atoms. The van der Waals surface area contributed by atoms with E-state index >= 15 is 0 Å². The summed E-state index contributed by atoms with van der Waals surface area (Å²) in [6.07, 6.45) is 1.70. The van der Waals surface area contributed by atoms with Crippen LogP contribution in [0.2, 0.25) is 5.02 Å². The fourth-order valence-electron chi connectivity index (χ4n) is 1.83. The molecule has 0 aliphatic carbocycles. The topological polar surface area (TPSA) is 83.4 Å². The third kappa shape index (κ3) is 3.86. The normalized spacial score (nSPS) is 10.7. The number of ether oxygens (including phenoxy) is 2. The van der Waals surface area contributed by atoms with Crippen molar-refractivity contribution >= 4 is 11.6 Å². The van der Waals surface area contributed by atoms with Crippen molar-refractivity contribution in [3.05, 3.63) is 34.4 Å². The third-order valence-electron chi connectivity index (χ3n) is 2.84. The lowest BCUT2D eigenvalue weighted by atomic mass is 10.2. The molecule has 0 spiro atoms. The summed E-state index contributed by atoms with van der Waals surface area (Å²) in [6.45, 7) is 2.58. The summed E-state index contributed by atoms with van der Waals surface area (Å²) in [5, 5.41) is 4.29. The van der Waals surface area contributed by atoms with Gasteiger partial charge in [-0.1, -0.05) is 23.7 Å². The van der Waals surface area contributed by atoms with Crippen LogP contribution in [-0.4, -0.2) is 17.3 Å². The highest BCUT2D eigenvalue weighted by Crippen LogP contribution is 2.36. The SMILES string of the molecule is CCCc1nc(COc2c(Cl)cc(CN)cc2OC)no1. The van der Waals surface area contributed by atoms with E-state index < -0.39 is 0 Å². The van der Waals surface area contributed by atoms with Gasteiger partial charge in [-0.15, -0.1) is 0 Å². The molecule has 2 N–H and O–H groups in total. The molecular weight excluding hydrogens is 294 g/mol. The van der Waals surface area contributed by atoms with Gasteiger partial charge in [0, 0.05) is 13.0 Å². The Morgan fingerprint density at radius 3 is 2.86 bits per heavy atom. The number of nitrogens with zero attached hydrogens (tertiary/aromatic N) is 2. The first-order chi connectivity index (χ1) is 10.2. The Balaban J connectivity index is 2.11. The minimum atomic E-state index is 0.158. The molecule has 21 heavy (non-hydrogen) atoms. The minimum absolute atomic E-state index is 0.158. The third-order valence-corrected chi connectivity index (χ3v) is 3.13. The molecule has 2 rings (SSSR count). The van der Waals surface area contributed by atoms with Crippen LogP contribution in [0.5, 0.6) is 11.5 Å². The lowest BCUT2D eigenvalue weighted by molar-refractivity contribution is 0.269. The molecule has 114 valence electrons. The molecule has 6 nitrogen and oxygen atoms in total. The molecule has 0 aliphatic heterocycles. The molecule has 0 unspecified atom stereocenters. The van der Waals surface area contributed by atoms with Gasteiger partial charge in [-0.2, -0.15) is 4.98 Å². The van der Waals surface area contributed by atoms with Gasteiger partial charge in [0.25, 0.3) is 0 Å². The van der Waals surface area contributed by atoms with Crippen LogP contribution in [0, 0.1) is 0 Å². The highest BCUT2D eigenvalue weighted by molar-refractivity contribution is 6.32. The molecule has 0 amide bonds. The number of rotatable bonds is 7. The van der Waals surface area contributed by atoms with Crippen molar-refractivity contribution in [3.8, 4) is 11.5 Å². The Bertz CT molecular complexity index is 601. The van der Waals surface area contributed by atoms with Crippen molar-refractivity contribution in [2.45, 2.75) is 32.9 Å². The van der Waals surface area contributed by atoms with Crippen molar-refractivity contribution in [1.29, 1.82) is 0 Å². The zero-order valence-electron chi connectivity index (χ0n) is 12.1. The van der Waals surface area contributed by atoms with E-state index in [2.05, 4.69) is 10.1 Å². The Hall–Kier alpha value is -1.79. The van der Waals surface area contributed by atoms with Crippen molar-refractivity contribution in [1.82, 2.24) is 10.1 Å². The molecule has 0 radical (unpaired) electrons. The zero-order chi connectivity index (χ0) is 15.2. The molecule has 7 heteroatoms. The molecule has 1 aromatic heterocycles. The zero-order valence-corrected chi connectivity index (χ0v) is 12.8. The van der Waals surface area contributed by atoms with E-state index in [9.17, 15) is 0 Å². The van der Waals surface area contributed by atoms with Gasteiger partial charge in [0.2, 0.25) is 11.7 Å². The monoisotopic (exact) mass is 311 g/mol. The van der Waals surface area contributed by atoms with Gasteiger partial charge in [-0.3, -0.25) is 0 Å². The number of halogens is 1. The summed E-state index contributed by atoms with van der Waals surface area (Å²) in [5.74, 6) is 2.05. The van der Waals surface area contributed by atoms with Crippen molar-refractivity contribution in [2.24, 2.45) is 5.73 Å². The number of hydrogen-bond donors (Lipinski definition) is 1. The molecule has 0 fully saturated rings. The van der Waals surface area contributed by atoms with Crippen LogP contribution < -0.4 is 15.2 Å². The molecular formula is C14H18ClN3O3. The Kier molecular flexibility index (Phi) is 5.41. The van der Waals surface area contributed by atoms with Gasteiger partial charge in [0.1, 0.15) is 0 Å². The largest absolute Gasteiger partial charge is 0.493 e. The summed E-state index contributed by atoms with van der Waals surface area (Å²) >= 11 is 6.19. The average molecular weight is 312 g/mol. The number of aryl methyl sites for hydroxylation is 1. The maximum atomic E-state index is 6.19. The molecule has 1 heterocycles. The van der Waals surface area contributed by atoms with E-state index in [4.69, 9.17) is 31.3 Å². The summed E-state index contributed by atoms with van der Waals surface area (Å²) in [7, 11) is 1.55. The predicted octanol–water partition coefficient (Wildman–Crippen LogP) is 2.72. The first-order valence-corrected chi connectivity index (χ1v) is 7.06. The number of benzene rings is 1. The van der Waals surface area contributed by atoms with E-state index in [1.165, 1.54) is 0 Å². The Labute approximate surface area is 128 Å². The van der Waals surface area contributed by atoms with Gasteiger partial charge in [-0.25, -0.2) is 0 Å². The lowest BCUT2D eigenvalue weighted by Crippen LogP contribution is -2.02. The molecule has 0 saturated heterocycles. The van der Waals surface area contributed by atoms with Crippen LogP contribution in [0.4, 0.5) is 0 Å². The summed E-state index contributed by atoms with van der Waals surface area (Å²) in [5.41, 5.74) is 6.47. The second-order valence-corrected chi connectivity index (χ2v) is 4.86. The number of nitrogens with two attached hydrogens (primary N) is 1. The van der Waals surface area contributed by atoms with Crippen LogP contribution in [0.15, 0.2) is 16.7 Å².